The van der Waals surface area contributed by atoms with Crippen LogP contribution in [-0.4, -0.2) is 36.7 Å². The van der Waals surface area contributed by atoms with Gasteiger partial charge in [-0.05, 0) is 46.2 Å². The van der Waals surface area contributed by atoms with Crippen LogP contribution in [0.1, 0.15) is 46.5 Å². The molecule has 1 saturated heterocycles. The Kier molecular flexibility index (Phi) is 4.39. The molecule has 1 rings (SSSR count). The van der Waals surface area contributed by atoms with E-state index in [1.807, 2.05) is 0 Å². The van der Waals surface area contributed by atoms with Crippen molar-refractivity contribution >= 4 is 0 Å². The van der Waals surface area contributed by atoms with Crippen molar-refractivity contribution in [2.45, 2.75) is 58.1 Å². The van der Waals surface area contributed by atoms with Crippen LogP contribution < -0.4 is 0 Å². The molecule has 1 heterocycles. The standard InChI is InChI=1S/C12H25NO/c1-5-12(3,6-2)14-10-11-8-7-9-13(11)4/h11H,5-10H2,1-4H3/t11-/m0/s1. The largest absolute Gasteiger partial charge is 0.374 e. The summed E-state index contributed by atoms with van der Waals surface area (Å²) in [6.07, 6.45) is 4.86. The predicted octanol–water partition coefficient (Wildman–Crippen LogP) is 2.68. The highest BCUT2D eigenvalue weighted by Gasteiger charge is 2.26. The van der Waals surface area contributed by atoms with Crippen LogP contribution in [0.25, 0.3) is 0 Å². The molecular weight excluding hydrogens is 174 g/mol. The second-order valence-corrected chi connectivity index (χ2v) is 4.74. The molecule has 84 valence electrons. The van der Waals surface area contributed by atoms with Gasteiger partial charge in [0.15, 0.2) is 0 Å². The summed E-state index contributed by atoms with van der Waals surface area (Å²) in [6.45, 7) is 8.79. The average Bonchev–Trinajstić information content (AvgIpc) is 2.61. The molecule has 0 saturated carbocycles. The number of ether oxygens (including phenoxy) is 1. The Hall–Kier alpha value is -0.0800. The summed E-state index contributed by atoms with van der Waals surface area (Å²) in [4.78, 5) is 2.42. The molecule has 0 unspecified atom stereocenters. The van der Waals surface area contributed by atoms with Crippen LogP contribution >= 0.6 is 0 Å². The van der Waals surface area contributed by atoms with Crippen molar-refractivity contribution in [2.24, 2.45) is 0 Å². The number of nitrogens with zero attached hydrogens (tertiary/aromatic N) is 1. The van der Waals surface area contributed by atoms with Gasteiger partial charge in [-0.25, -0.2) is 0 Å². The Balaban J connectivity index is 2.31. The van der Waals surface area contributed by atoms with E-state index < -0.39 is 0 Å². The molecule has 2 nitrogen and oxygen atoms in total. The third kappa shape index (κ3) is 2.96. The minimum atomic E-state index is 0.101. The maximum absolute atomic E-state index is 6.04. The molecule has 1 aliphatic rings. The monoisotopic (exact) mass is 199 g/mol. The fourth-order valence-corrected chi connectivity index (χ4v) is 1.94. The molecule has 14 heavy (non-hydrogen) atoms. The van der Waals surface area contributed by atoms with Gasteiger partial charge in [0.25, 0.3) is 0 Å². The highest BCUT2D eigenvalue weighted by Crippen LogP contribution is 2.22. The molecular formula is C12H25NO. The fourth-order valence-electron chi connectivity index (χ4n) is 1.94. The summed E-state index contributed by atoms with van der Waals surface area (Å²) < 4.78 is 6.04. The summed E-state index contributed by atoms with van der Waals surface area (Å²) in [5, 5.41) is 0. The fraction of sp³-hybridized carbons (Fsp3) is 1.00. The van der Waals surface area contributed by atoms with Crippen molar-refractivity contribution in [3.05, 3.63) is 0 Å². The van der Waals surface area contributed by atoms with E-state index in [9.17, 15) is 0 Å². The molecule has 0 radical (unpaired) electrons. The Morgan fingerprint density at radius 3 is 2.43 bits per heavy atom. The van der Waals surface area contributed by atoms with Gasteiger partial charge >= 0.3 is 0 Å². The van der Waals surface area contributed by atoms with Gasteiger partial charge in [0, 0.05) is 6.04 Å². The molecule has 0 amide bonds. The van der Waals surface area contributed by atoms with Gasteiger partial charge in [0.2, 0.25) is 0 Å². The van der Waals surface area contributed by atoms with Crippen LogP contribution in [0, 0.1) is 0 Å². The average molecular weight is 199 g/mol. The topological polar surface area (TPSA) is 12.5 Å². The first-order valence-electron chi connectivity index (χ1n) is 5.95. The normalized spacial score (nSPS) is 24.4. The van der Waals surface area contributed by atoms with E-state index in [1.54, 1.807) is 0 Å². The lowest BCUT2D eigenvalue weighted by atomic mass is 10.00. The SMILES string of the molecule is CCC(C)(CC)OC[C@@H]1CCCN1C. The maximum Gasteiger partial charge on any atom is 0.0650 e. The zero-order chi connectivity index (χ0) is 10.6. The highest BCUT2D eigenvalue weighted by atomic mass is 16.5. The predicted molar refractivity (Wildman–Crippen MR) is 60.6 cm³/mol. The molecule has 0 bridgehead atoms. The molecule has 0 aromatic heterocycles. The highest BCUT2D eigenvalue weighted by molar-refractivity contribution is 4.78. The number of rotatable bonds is 5. The molecule has 0 N–H and O–H groups in total. The lowest BCUT2D eigenvalue weighted by Crippen LogP contribution is -2.35. The molecule has 0 aromatic rings. The molecule has 2 heteroatoms. The number of likely N-dealkylation sites (tertiary alicyclic amines) is 1. The van der Waals surface area contributed by atoms with E-state index in [0.29, 0.717) is 6.04 Å². The first-order valence-corrected chi connectivity index (χ1v) is 5.95. The van der Waals surface area contributed by atoms with Gasteiger partial charge in [0.1, 0.15) is 0 Å². The summed E-state index contributed by atoms with van der Waals surface area (Å²) >= 11 is 0. The minimum absolute atomic E-state index is 0.101. The zero-order valence-corrected chi connectivity index (χ0v) is 10.2. The third-order valence-electron chi connectivity index (χ3n) is 3.79. The molecule has 1 aliphatic heterocycles. The van der Waals surface area contributed by atoms with Crippen molar-refractivity contribution in [2.75, 3.05) is 20.2 Å². The van der Waals surface area contributed by atoms with E-state index in [4.69, 9.17) is 4.74 Å². The Bertz CT molecular complexity index is 166. The molecule has 0 aromatic carbocycles. The summed E-state index contributed by atoms with van der Waals surface area (Å²) in [5.41, 5.74) is 0.101. The van der Waals surface area contributed by atoms with Crippen LogP contribution in [0.15, 0.2) is 0 Å². The second kappa shape index (κ2) is 5.13. The van der Waals surface area contributed by atoms with Crippen LogP contribution in [0.5, 0.6) is 0 Å². The number of hydrogen-bond acceptors (Lipinski definition) is 2. The van der Waals surface area contributed by atoms with Crippen molar-refractivity contribution in [3.63, 3.8) is 0 Å². The quantitative estimate of drug-likeness (QED) is 0.675. The summed E-state index contributed by atoms with van der Waals surface area (Å²) in [7, 11) is 2.20. The van der Waals surface area contributed by atoms with Crippen molar-refractivity contribution in [1.29, 1.82) is 0 Å². The first kappa shape index (κ1) is 12.0. The van der Waals surface area contributed by atoms with Gasteiger partial charge in [-0.3, -0.25) is 0 Å². The Morgan fingerprint density at radius 1 is 1.36 bits per heavy atom. The van der Waals surface area contributed by atoms with Gasteiger partial charge in [-0.2, -0.15) is 0 Å². The van der Waals surface area contributed by atoms with Crippen LogP contribution in [0.2, 0.25) is 0 Å². The third-order valence-corrected chi connectivity index (χ3v) is 3.79. The van der Waals surface area contributed by atoms with E-state index in [0.717, 1.165) is 19.4 Å². The lowest BCUT2D eigenvalue weighted by molar-refractivity contribution is -0.0549. The van der Waals surface area contributed by atoms with Crippen LogP contribution in [0.3, 0.4) is 0 Å². The maximum atomic E-state index is 6.04. The summed E-state index contributed by atoms with van der Waals surface area (Å²) in [5.74, 6) is 0. The zero-order valence-electron chi connectivity index (χ0n) is 10.2. The molecule has 0 spiro atoms. The van der Waals surface area contributed by atoms with Crippen LogP contribution in [0.4, 0.5) is 0 Å². The van der Waals surface area contributed by atoms with Gasteiger partial charge in [-0.15, -0.1) is 0 Å². The van der Waals surface area contributed by atoms with E-state index >= 15 is 0 Å². The van der Waals surface area contributed by atoms with E-state index in [1.165, 1.54) is 19.4 Å². The van der Waals surface area contributed by atoms with Gasteiger partial charge < -0.3 is 9.64 Å². The number of hydrogen-bond donors (Lipinski definition) is 0. The van der Waals surface area contributed by atoms with Crippen molar-refractivity contribution in [3.8, 4) is 0 Å². The Morgan fingerprint density at radius 2 is 2.00 bits per heavy atom. The smallest absolute Gasteiger partial charge is 0.0650 e. The Labute approximate surface area is 88.6 Å². The van der Waals surface area contributed by atoms with Crippen molar-refractivity contribution in [1.82, 2.24) is 4.90 Å². The van der Waals surface area contributed by atoms with Gasteiger partial charge in [0.05, 0.1) is 12.2 Å². The molecule has 0 aliphatic carbocycles. The first-order chi connectivity index (χ1) is 6.61. The van der Waals surface area contributed by atoms with E-state index in [-0.39, 0.29) is 5.60 Å². The van der Waals surface area contributed by atoms with Gasteiger partial charge in [-0.1, -0.05) is 13.8 Å². The minimum Gasteiger partial charge on any atom is -0.374 e. The molecule has 1 atom stereocenters. The second-order valence-electron chi connectivity index (χ2n) is 4.74. The van der Waals surface area contributed by atoms with E-state index in [2.05, 4.69) is 32.7 Å². The summed E-state index contributed by atoms with van der Waals surface area (Å²) in [6, 6.07) is 0.660. The number of likely N-dealkylation sites (N-methyl/N-ethyl adjacent to an activating group) is 1. The lowest BCUT2D eigenvalue weighted by Gasteiger charge is -2.30. The van der Waals surface area contributed by atoms with Crippen molar-refractivity contribution < 1.29 is 4.74 Å². The van der Waals surface area contributed by atoms with Crippen LogP contribution in [-0.2, 0) is 4.74 Å². The molecule has 1 fully saturated rings.